The van der Waals surface area contributed by atoms with Crippen LogP contribution in [0.15, 0.2) is 22.8 Å². The molecule has 0 fully saturated rings. The van der Waals surface area contributed by atoms with Crippen molar-refractivity contribution < 1.29 is 9.21 Å². The number of anilines is 2. The third-order valence-corrected chi connectivity index (χ3v) is 2.63. The van der Waals surface area contributed by atoms with E-state index in [1.54, 1.807) is 19.1 Å². The molecule has 2 aromatic rings. The van der Waals surface area contributed by atoms with Crippen LogP contribution in [-0.4, -0.2) is 15.9 Å². The van der Waals surface area contributed by atoms with Crippen molar-refractivity contribution in [1.82, 2.24) is 9.97 Å². The highest BCUT2D eigenvalue weighted by Crippen LogP contribution is 2.14. The second-order valence-electron chi connectivity index (χ2n) is 4.37. The minimum Gasteiger partial charge on any atom is -0.432 e. The van der Waals surface area contributed by atoms with Crippen molar-refractivity contribution in [3.05, 3.63) is 35.3 Å². The zero-order valence-corrected chi connectivity index (χ0v) is 11.4. The summed E-state index contributed by atoms with van der Waals surface area (Å²) in [6.45, 7) is 3.82. The standard InChI is InChI=1S/C13H17N5O2/c1-3-4-10-5-9(6-11(16-10)18-14)12(19)17-13-15-8(2)7-20-13/h5-7H,3-4,14H2,1-2H3,(H,16,18)(H,15,17,19). The van der Waals surface area contributed by atoms with Crippen molar-refractivity contribution in [3.8, 4) is 0 Å². The van der Waals surface area contributed by atoms with Gasteiger partial charge < -0.3 is 9.84 Å². The summed E-state index contributed by atoms with van der Waals surface area (Å²) in [7, 11) is 0. The molecule has 7 heteroatoms. The van der Waals surface area contributed by atoms with Gasteiger partial charge in [0.1, 0.15) is 12.1 Å². The van der Waals surface area contributed by atoms with Gasteiger partial charge in [0, 0.05) is 11.3 Å². The number of amides is 1. The van der Waals surface area contributed by atoms with E-state index in [1.807, 2.05) is 6.92 Å². The third-order valence-electron chi connectivity index (χ3n) is 2.63. The highest BCUT2D eigenvalue weighted by Gasteiger charge is 2.12. The van der Waals surface area contributed by atoms with Gasteiger partial charge in [-0.2, -0.15) is 4.98 Å². The molecule has 7 nitrogen and oxygen atoms in total. The van der Waals surface area contributed by atoms with Crippen molar-refractivity contribution in [2.75, 3.05) is 10.7 Å². The number of carbonyl (C=O) groups is 1. The quantitative estimate of drug-likeness (QED) is 0.568. The van der Waals surface area contributed by atoms with Gasteiger partial charge in [-0.25, -0.2) is 10.8 Å². The molecule has 2 heterocycles. The summed E-state index contributed by atoms with van der Waals surface area (Å²) < 4.78 is 5.09. The number of carbonyl (C=O) groups excluding carboxylic acids is 1. The number of aryl methyl sites for hydroxylation is 2. The summed E-state index contributed by atoms with van der Waals surface area (Å²) in [6, 6.07) is 3.48. The second kappa shape index (κ2) is 6.16. The van der Waals surface area contributed by atoms with E-state index < -0.39 is 0 Å². The molecule has 0 aliphatic rings. The van der Waals surface area contributed by atoms with Crippen molar-refractivity contribution in [3.63, 3.8) is 0 Å². The molecule has 0 saturated carbocycles. The zero-order chi connectivity index (χ0) is 14.5. The van der Waals surface area contributed by atoms with Crippen LogP contribution in [-0.2, 0) is 6.42 Å². The van der Waals surface area contributed by atoms with Crippen LogP contribution < -0.4 is 16.6 Å². The Morgan fingerprint density at radius 3 is 2.80 bits per heavy atom. The molecule has 0 aromatic carbocycles. The van der Waals surface area contributed by atoms with E-state index in [0.717, 1.165) is 18.5 Å². The van der Waals surface area contributed by atoms with Crippen LogP contribution >= 0.6 is 0 Å². The third kappa shape index (κ3) is 3.33. The van der Waals surface area contributed by atoms with Crippen molar-refractivity contribution >= 4 is 17.7 Å². The van der Waals surface area contributed by atoms with E-state index in [4.69, 9.17) is 10.3 Å². The summed E-state index contributed by atoms with van der Waals surface area (Å²) in [5.41, 5.74) is 4.41. The average Bonchev–Trinajstić information content (AvgIpc) is 2.84. The number of nitrogens with one attached hydrogen (secondary N) is 2. The Morgan fingerprint density at radius 1 is 1.40 bits per heavy atom. The van der Waals surface area contributed by atoms with Gasteiger partial charge in [-0.1, -0.05) is 13.3 Å². The van der Waals surface area contributed by atoms with Gasteiger partial charge in [-0.05, 0) is 25.5 Å². The number of hydrogen-bond donors (Lipinski definition) is 3. The number of nitrogens with two attached hydrogens (primary N) is 1. The molecule has 1 amide bonds. The molecule has 0 bridgehead atoms. The number of aromatic nitrogens is 2. The van der Waals surface area contributed by atoms with Gasteiger partial charge in [0.25, 0.3) is 5.91 Å². The van der Waals surface area contributed by atoms with Crippen LogP contribution in [0.2, 0.25) is 0 Å². The van der Waals surface area contributed by atoms with E-state index in [0.29, 0.717) is 17.1 Å². The summed E-state index contributed by atoms with van der Waals surface area (Å²) in [6.07, 6.45) is 3.17. The molecule has 0 radical (unpaired) electrons. The van der Waals surface area contributed by atoms with E-state index in [1.165, 1.54) is 6.26 Å². The topological polar surface area (TPSA) is 106 Å². The Morgan fingerprint density at radius 2 is 2.20 bits per heavy atom. The van der Waals surface area contributed by atoms with Crippen LogP contribution in [0.4, 0.5) is 11.8 Å². The normalized spacial score (nSPS) is 10.3. The maximum atomic E-state index is 12.1. The fraction of sp³-hybridized carbons (Fsp3) is 0.308. The molecule has 20 heavy (non-hydrogen) atoms. The molecule has 2 rings (SSSR count). The van der Waals surface area contributed by atoms with E-state index in [-0.39, 0.29) is 11.9 Å². The van der Waals surface area contributed by atoms with Crippen LogP contribution in [0.1, 0.15) is 35.1 Å². The number of nitrogen functional groups attached to an aromatic ring is 1. The van der Waals surface area contributed by atoms with Gasteiger partial charge in [0.15, 0.2) is 0 Å². The van der Waals surface area contributed by atoms with Crippen molar-refractivity contribution in [1.29, 1.82) is 0 Å². The van der Waals surface area contributed by atoms with Crippen LogP contribution in [0.3, 0.4) is 0 Å². The van der Waals surface area contributed by atoms with Crippen molar-refractivity contribution in [2.24, 2.45) is 5.84 Å². The molecule has 106 valence electrons. The maximum Gasteiger partial charge on any atom is 0.301 e. The lowest BCUT2D eigenvalue weighted by atomic mass is 10.1. The minimum atomic E-state index is -0.317. The Balaban J connectivity index is 2.21. The Labute approximate surface area is 116 Å². The first-order valence-electron chi connectivity index (χ1n) is 6.33. The van der Waals surface area contributed by atoms with E-state index in [2.05, 4.69) is 20.7 Å². The molecule has 0 aliphatic carbocycles. The minimum absolute atomic E-state index is 0.170. The Hall–Kier alpha value is -2.41. The van der Waals surface area contributed by atoms with E-state index >= 15 is 0 Å². The smallest absolute Gasteiger partial charge is 0.301 e. The van der Waals surface area contributed by atoms with Crippen LogP contribution in [0, 0.1) is 6.92 Å². The van der Waals surface area contributed by atoms with Crippen LogP contribution in [0.25, 0.3) is 0 Å². The van der Waals surface area contributed by atoms with Crippen LogP contribution in [0.5, 0.6) is 0 Å². The second-order valence-corrected chi connectivity index (χ2v) is 4.37. The largest absolute Gasteiger partial charge is 0.432 e. The molecule has 0 saturated heterocycles. The first kappa shape index (κ1) is 14.0. The molecule has 0 atom stereocenters. The fourth-order valence-electron chi connectivity index (χ4n) is 1.76. The maximum absolute atomic E-state index is 12.1. The first-order valence-corrected chi connectivity index (χ1v) is 6.33. The highest BCUT2D eigenvalue weighted by atomic mass is 16.4. The predicted molar refractivity (Wildman–Crippen MR) is 75.2 cm³/mol. The van der Waals surface area contributed by atoms with Crippen molar-refractivity contribution in [2.45, 2.75) is 26.7 Å². The zero-order valence-electron chi connectivity index (χ0n) is 11.4. The Kier molecular flexibility index (Phi) is 4.31. The average molecular weight is 275 g/mol. The lowest BCUT2D eigenvalue weighted by Crippen LogP contribution is -2.15. The lowest BCUT2D eigenvalue weighted by Gasteiger charge is -2.07. The number of oxazole rings is 1. The summed E-state index contributed by atoms with van der Waals surface area (Å²) >= 11 is 0. The van der Waals surface area contributed by atoms with Gasteiger partial charge in [-0.3, -0.25) is 10.1 Å². The highest BCUT2D eigenvalue weighted by molar-refractivity contribution is 6.03. The molecular weight excluding hydrogens is 258 g/mol. The van der Waals surface area contributed by atoms with E-state index in [9.17, 15) is 4.79 Å². The number of hydrazine groups is 1. The molecule has 0 spiro atoms. The van der Waals surface area contributed by atoms with Gasteiger partial charge in [-0.15, -0.1) is 0 Å². The van der Waals surface area contributed by atoms with Gasteiger partial charge in [0.2, 0.25) is 0 Å². The molecule has 0 aliphatic heterocycles. The predicted octanol–water partition coefficient (Wildman–Crippen LogP) is 1.87. The summed E-state index contributed by atoms with van der Waals surface area (Å²) in [4.78, 5) is 20.4. The Bertz CT molecular complexity index is 609. The molecular formula is C13H17N5O2. The van der Waals surface area contributed by atoms with Gasteiger partial charge >= 0.3 is 6.01 Å². The summed E-state index contributed by atoms with van der Waals surface area (Å²) in [5, 5.41) is 2.59. The fourth-order valence-corrected chi connectivity index (χ4v) is 1.76. The number of hydrogen-bond acceptors (Lipinski definition) is 6. The first-order chi connectivity index (χ1) is 9.62. The number of rotatable bonds is 5. The summed E-state index contributed by atoms with van der Waals surface area (Å²) in [5.74, 6) is 5.50. The molecule has 0 unspecified atom stereocenters. The SMILES string of the molecule is CCCc1cc(C(=O)Nc2nc(C)co2)cc(NN)n1. The molecule has 4 N–H and O–H groups in total. The number of nitrogens with zero attached hydrogens (tertiary/aromatic N) is 2. The molecule has 2 aromatic heterocycles. The van der Waals surface area contributed by atoms with Gasteiger partial charge in [0.05, 0.1) is 5.69 Å². The monoisotopic (exact) mass is 275 g/mol. The lowest BCUT2D eigenvalue weighted by molar-refractivity contribution is 0.102. The number of pyridine rings is 1.